The molecule has 1 aromatic carbocycles. The van der Waals surface area contributed by atoms with Crippen LogP contribution in [0.25, 0.3) is 11.6 Å². The van der Waals surface area contributed by atoms with E-state index in [1.54, 1.807) is 24.5 Å². The van der Waals surface area contributed by atoms with Gasteiger partial charge in [-0.2, -0.15) is 0 Å². The van der Waals surface area contributed by atoms with E-state index in [2.05, 4.69) is 20.3 Å². The number of carbonyl (C=O) groups excluding carboxylic acids is 2. The number of nitrogens with one attached hydrogen (secondary N) is 1. The number of ether oxygens (including phenoxy) is 1. The summed E-state index contributed by atoms with van der Waals surface area (Å²) in [6.07, 6.45) is 1.57. The van der Waals surface area contributed by atoms with Gasteiger partial charge in [-0.25, -0.2) is 4.79 Å². The van der Waals surface area contributed by atoms with Gasteiger partial charge in [0, 0.05) is 12.2 Å². The predicted octanol–water partition coefficient (Wildman–Crippen LogP) is 3.73. The van der Waals surface area contributed by atoms with Crippen molar-refractivity contribution in [3.63, 3.8) is 0 Å². The van der Waals surface area contributed by atoms with Crippen molar-refractivity contribution in [3.05, 3.63) is 47.2 Å². The Morgan fingerprint density at radius 1 is 1.32 bits per heavy atom. The molecule has 28 heavy (non-hydrogen) atoms. The van der Waals surface area contributed by atoms with Crippen LogP contribution in [0.15, 0.2) is 46.2 Å². The Bertz CT molecular complexity index is 988. The minimum Gasteiger partial charge on any atom is -0.465 e. The maximum absolute atomic E-state index is 12.3. The van der Waals surface area contributed by atoms with Crippen LogP contribution in [0.3, 0.4) is 0 Å². The van der Waals surface area contributed by atoms with Crippen molar-refractivity contribution in [3.8, 4) is 11.6 Å². The van der Waals surface area contributed by atoms with Crippen LogP contribution < -0.4 is 5.32 Å². The standard InChI is InChI=1S/C18H17ClN4O4S/c1-3-23-16(14-5-4-8-27-14)21-22-18(23)28-10-15(24)20-11-6-7-13(19)12(9-11)17(25)26-2/h4-9H,3,10H2,1-2H3,(H,20,24). The van der Waals surface area contributed by atoms with Crippen LogP contribution in [0.4, 0.5) is 5.69 Å². The van der Waals surface area contributed by atoms with Gasteiger partial charge in [-0.1, -0.05) is 23.4 Å². The molecule has 2 heterocycles. The van der Waals surface area contributed by atoms with E-state index < -0.39 is 5.97 Å². The number of esters is 1. The van der Waals surface area contributed by atoms with E-state index in [4.69, 9.17) is 16.0 Å². The maximum Gasteiger partial charge on any atom is 0.339 e. The zero-order valence-electron chi connectivity index (χ0n) is 15.1. The van der Waals surface area contributed by atoms with Gasteiger partial charge in [-0.15, -0.1) is 10.2 Å². The van der Waals surface area contributed by atoms with Crippen LogP contribution in [0, 0.1) is 0 Å². The summed E-state index contributed by atoms with van der Waals surface area (Å²) in [6.45, 7) is 2.59. The highest BCUT2D eigenvalue weighted by molar-refractivity contribution is 7.99. The predicted molar refractivity (Wildman–Crippen MR) is 106 cm³/mol. The second-order valence-electron chi connectivity index (χ2n) is 5.55. The summed E-state index contributed by atoms with van der Waals surface area (Å²) in [7, 11) is 1.27. The molecule has 3 aromatic rings. The first-order valence-corrected chi connectivity index (χ1v) is 9.67. The SMILES string of the molecule is CCn1c(SCC(=O)Nc2ccc(Cl)c(C(=O)OC)c2)nnc1-c1ccco1. The van der Waals surface area contributed by atoms with Gasteiger partial charge in [0.05, 0.1) is 29.7 Å². The average Bonchev–Trinajstić information content (AvgIpc) is 3.36. The Hall–Kier alpha value is -2.78. The summed E-state index contributed by atoms with van der Waals surface area (Å²) in [5.41, 5.74) is 0.632. The zero-order chi connectivity index (χ0) is 20.1. The van der Waals surface area contributed by atoms with E-state index in [0.29, 0.717) is 29.0 Å². The minimum absolute atomic E-state index is 0.118. The number of halogens is 1. The highest BCUT2D eigenvalue weighted by Crippen LogP contribution is 2.25. The molecule has 0 atom stereocenters. The number of hydrogen-bond acceptors (Lipinski definition) is 7. The van der Waals surface area contributed by atoms with Crippen molar-refractivity contribution in [2.45, 2.75) is 18.6 Å². The summed E-state index contributed by atoms with van der Waals surface area (Å²) in [5, 5.41) is 11.9. The molecule has 0 saturated heterocycles. The van der Waals surface area contributed by atoms with Gasteiger partial charge in [-0.05, 0) is 37.3 Å². The highest BCUT2D eigenvalue weighted by atomic mass is 35.5. The largest absolute Gasteiger partial charge is 0.465 e. The van der Waals surface area contributed by atoms with Crippen molar-refractivity contribution in [2.24, 2.45) is 0 Å². The lowest BCUT2D eigenvalue weighted by Crippen LogP contribution is -2.15. The summed E-state index contributed by atoms with van der Waals surface area (Å²) < 4.78 is 11.9. The summed E-state index contributed by atoms with van der Waals surface area (Å²) in [6, 6.07) is 8.19. The van der Waals surface area contributed by atoms with Crippen molar-refractivity contribution in [2.75, 3.05) is 18.2 Å². The van der Waals surface area contributed by atoms with Crippen molar-refractivity contribution in [1.82, 2.24) is 14.8 Å². The van der Waals surface area contributed by atoms with Gasteiger partial charge in [0.25, 0.3) is 0 Å². The fraction of sp³-hybridized carbons (Fsp3) is 0.222. The highest BCUT2D eigenvalue weighted by Gasteiger charge is 2.17. The summed E-state index contributed by atoms with van der Waals surface area (Å²) in [5.74, 6) is 0.509. The lowest BCUT2D eigenvalue weighted by molar-refractivity contribution is -0.113. The molecule has 0 unspecified atom stereocenters. The second kappa shape index (κ2) is 8.94. The molecule has 0 aliphatic carbocycles. The number of hydrogen-bond donors (Lipinski definition) is 1. The number of anilines is 1. The average molecular weight is 421 g/mol. The third kappa shape index (κ3) is 4.37. The molecule has 0 fully saturated rings. The van der Waals surface area contributed by atoms with Gasteiger partial charge in [-0.3, -0.25) is 9.36 Å². The molecule has 1 amide bonds. The van der Waals surface area contributed by atoms with Crippen LogP contribution in [0.1, 0.15) is 17.3 Å². The Morgan fingerprint density at radius 3 is 2.82 bits per heavy atom. The number of amides is 1. The van der Waals surface area contributed by atoms with E-state index in [0.717, 1.165) is 0 Å². The van der Waals surface area contributed by atoms with E-state index in [-0.39, 0.29) is 22.2 Å². The van der Waals surface area contributed by atoms with Gasteiger partial charge in [0.2, 0.25) is 5.91 Å². The van der Waals surface area contributed by atoms with Crippen molar-refractivity contribution in [1.29, 1.82) is 0 Å². The fourth-order valence-electron chi connectivity index (χ4n) is 2.47. The Morgan fingerprint density at radius 2 is 2.14 bits per heavy atom. The van der Waals surface area contributed by atoms with E-state index in [1.807, 2.05) is 11.5 Å². The number of thioether (sulfide) groups is 1. The molecule has 1 N–H and O–H groups in total. The Kier molecular flexibility index (Phi) is 6.37. The number of aromatic nitrogens is 3. The molecule has 0 aliphatic rings. The van der Waals surface area contributed by atoms with Crippen LogP contribution in [0.5, 0.6) is 0 Å². The lowest BCUT2D eigenvalue weighted by atomic mass is 10.2. The molecular formula is C18H17ClN4O4S. The zero-order valence-corrected chi connectivity index (χ0v) is 16.7. The monoisotopic (exact) mass is 420 g/mol. The van der Waals surface area contributed by atoms with E-state index in [1.165, 1.54) is 31.0 Å². The van der Waals surface area contributed by atoms with Crippen LogP contribution in [-0.2, 0) is 16.1 Å². The normalized spacial score (nSPS) is 10.7. The maximum atomic E-state index is 12.3. The molecule has 0 aliphatic heterocycles. The molecule has 0 radical (unpaired) electrons. The molecule has 0 spiro atoms. The molecule has 2 aromatic heterocycles. The molecule has 0 bridgehead atoms. The second-order valence-corrected chi connectivity index (χ2v) is 6.90. The van der Waals surface area contributed by atoms with E-state index in [9.17, 15) is 9.59 Å². The van der Waals surface area contributed by atoms with Crippen LogP contribution in [0.2, 0.25) is 5.02 Å². The number of benzene rings is 1. The number of methoxy groups -OCH3 is 1. The first kappa shape index (κ1) is 20.0. The molecule has 146 valence electrons. The molecule has 0 saturated carbocycles. The number of furan rings is 1. The van der Waals surface area contributed by atoms with Gasteiger partial charge in [0.1, 0.15) is 0 Å². The Labute approximate surface area is 170 Å². The molecular weight excluding hydrogens is 404 g/mol. The fourth-order valence-corrected chi connectivity index (χ4v) is 3.46. The number of nitrogens with zero attached hydrogens (tertiary/aromatic N) is 3. The van der Waals surface area contributed by atoms with Gasteiger partial charge >= 0.3 is 5.97 Å². The first-order chi connectivity index (χ1) is 13.5. The summed E-state index contributed by atoms with van der Waals surface area (Å²) >= 11 is 7.24. The first-order valence-electron chi connectivity index (χ1n) is 8.31. The molecule has 10 heteroatoms. The third-order valence-electron chi connectivity index (χ3n) is 3.76. The summed E-state index contributed by atoms with van der Waals surface area (Å²) in [4.78, 5) is 24.0. The lowest BCUT2D eigenvalue weighted by Gasteiger charge is -2.09. The number of rotatable bonds is 7. The molecule has 3 rings (SSSR count). The smallest absolute Gasteiger partial charge is 0.339 e. The van der Waals surface area contributed by atoms with E-state index >= 15 is 0 Å². The molecule has 8 nitrogen and oxygen atoms in total. The van der Waals surface area contributed by atoms with Crippen molar-refractivity contribution < 1.29 is 18.7 Å². The Balaban J connectivity index is 1.66. The minimum atomic E-state index is -0.572. The third-order valence-corrected chi connectivity index (χ3v) is 5.06. The van der Waals surface area contributed by atoms with Crippen molar-refractivity contribution >= 4 is 40.9 Å². The topological polar surface area (TPSA) is 99.2 Å². The number of carbonyl (C=O) groups is 2. The van der Waals surface area contributed by atoms with Gasteiger partial charge < -0.3 is 14.5 Å². The van der Waals surface area contributed by atoms with Crippen LogP contribution in [-0.4, -0.2) is 39.5 Å². The van der Waals surface area contributed by atoms with Gasteiger partial charge in [0.15, 0.2) is 16.7 Å². The quantitative estimate of drug-likeness (QED) is 0.459. The van der Waals surface area contributed by atoms with Crippen LogP contribution >= 0.6 is 23.4 Å².